The second kappa shape index (κ2) is 6.10. The second-order valence-corrected chi connectivity index (χ2v) is 4.37. The van der Waals surface area contributed by atoms with Gasteiger partial charge in [-0.3, -0.25) is 0 Å². The number of esters is 1. The number of carbonyl (C=O) groups excluding carboxylic acids is 1. The monoisotopic (exact) mass is 271 g/mol. The Morgan fingerprint density at radius 2 is 2.10 bits per heavy atom. The predicted octanol–water partition coefficient (Wildman–Crippen LogP) is 2.72. The van der Waals surface area contributed by atoms with Crippen molar-refractivity contribution >= 4 is 17.2 Å². The van der Waals surface area contributed by atoms with E-state index >= 15 is 0 Å². The van der Waals surface area contributed by atoms with Gasteiger partial charge in [0.1, 0.15) is 5.75 Å². The van der Waals surface area contributed by atoms with Crippen molar-refractivity contribution in [1.29, 1.82) is 0 Å². The molecule has 4 nitrogen and oxygen atoms in total. The average Bonchev–Trinajstić information content (AvgIpc) is 2.72. The van der Waals surface area contributed by atoms with Gasteiger partial charge in [-0.1, -0.05) is 18.2 Å². The van der Waals surface area contributed by atoms with Crippen LogP contribution in [-0.4, -0.2) is 20.2 Å². The van der Waals surface area contributed by atoms with Crippen LogP contribution < -0.4 is 10.5 Å². The first-order chi connectivity index (χ1) is 9.65. The summed E-state index contributed by atoms with van der Waals surface area (Å²) < 4.78 is 10.1. The van der Waals surface area contributed by atoms with Crippen molar-refractivity contribution < 1.29 is 14.3 Å². The maximum Gasteiger partial charge on any atom is 0.337 e. The standard InChI is InChI=1S/C16H17NO3/c1-19-15-10-13(17)8-9-14(15)11-4-3-5-12(7-6-11)16(18)20-2/h3-5,7-10H,6,17H2,1-2H3. The van der Waals surface area contributed by atoms with E-state index in [0.29, 0.717) is 17.7 Å². The maximum atomic E-state index is 11.5. The van der Waals surface area contributed by atoms with Gasteiger partial charge in [-0.25, -0.2) is 4.79 Å². The van der Waals surface area contributed by atoms with E-state index in [9.17, 15) is 4.79 Å². The summed E-state index contributed by atoms with van der Waals surface area (Å²) in [5.41, 5.74) is 8.98. The molecule has 0 radical (unpaired) electrons. The van der Waals surface area contributed by atoms with Crippen molar-refractivity contribution in [3.05, 3.63) is 53.6 Å². The molecule has 1 aliphatic carbocycles. The van der Waals surface area contributed by atoms with Crippen LogP contribution in [0.3, 0.4) is 0 Å². The molecular weight excluding hydrogens is 254 g/mol. The van der Waals surface area contributed by atoms with Crippen LogP contribution >= 0.6 is 0 Å². The van der Waals surface area contributed by atoms with Crippen LogP contribution in [0.25, 0.3) is 5.57 Å². The largest absolute Gasteiger partial charge is 0.496 e. The first-order valence-corrected chi connectivity index (χ1v) is 6.25. The third-order valence-corrected chi connectivity index (χ3v) is 3.11. The molecule has 0 spiro atoms. The molecule has 0 fully saturated rings. The molecule has 0 aromatic heterocycles. The number of ether oxygens (including phenoxy) is 2. The highest BCUT2D eigenvalue weighted by atomic mass is 16.5. The number of rotatable bonds is 3. The Kier molecular flexibility index (Phi) is 4.25. The van der Waals surface area contributed by atoms with Gasteiger partial charge in [-0.15, -0.1) is 0 Å². The summed E-state index contributed by atoms with van der Waals surface area (Å²) in [4.78, 5) is 11.5. The summed E-state index contributed by atoms with van der Waals surface area (Å²) in [5, 5.41) is 0. The normalized spacial score (nSPS) is 14.1. The smallest absolute Gasteiger partial charge is 0.337 e. The molecule has 0 saturated heterocycles. The summed E-state index contributed by atoms with van der Waals surface area (Å²) in [7, 11) is 2.99. The molecular formula is C16H17NO3. The number of allylic oxidation sites excluding steroid dienone is 4. The molecule has 1 aromatic rings. The summed E-state index contributed by atoms with van der Waals surface area (Å²) in [5.74, 6) is 0.389. The number of benzene rings is 1. The van der Waals surface area contributed by atoms with Crippen LogP contribution in [-0.2, 0) is 9.53 Å². The summed E-state index contributed by atoms with van der Waals surface area (Å²) >= 11 is 0. The molecule has 0 atom stereocenters. The van der Waals surface area contributed by atoms with E-state index in [4.69, 9.17) is 15.2 Å². The van der Waals surface area contributed by atoms with Crippen molar-refractivity contribution in [3.63, 3.8) is 0 Å². The number of nitrogen functional groups attached to an aromatic ring is 1. The average molecular weight is 271 g/mol. The van der Waals surface area contributed by atoms with E-state index in [1.54, 1.807) is 19.3 Å². The summed E-state index contributed by atoms with van der Waals surface area (Å²) in [6.07, 6.45) is 8.00. The molecule has 0 unspecified atom stereocenters. The number of nitrogens with two attached hydrogens (primary N) is 1. The first kappa shape index (κ1) is 13.9. The van der Waals surface area contributed by atoms with Gasteiger partial charge < -0.3 is 15.2 Å². The van der Waals surface area contributed by atoms with Gasteiger partial charge in [-0.2, -0.15) is 0 Å². The van der Waals surface area contributed by atoms with Gasteiger partial charge in [0.25, 0.3) is 0 Å². The van der Waals surface area contributed by atoms with Crippen LogP contribution in [0.2, 0.25) is 0 Å². The zero-order valence-electron chi connectivity index (χ0n) is 11.6. The van der Waals surface area contributed by atoms with Gasteiger partial charge in [0.15, 0.2) is 0 Å². The van der Waals surface area contributed by atoms with Crippen LogP contribution in [0, 0.1) is 0 Å². The van der Waals surface area contributed by atoms with E-state index in [0.717, 1.165) is 16.9 Å². The molecule has 0 amide bonds. The van der Waals surface area contributed by atoms with Gasteiger partial charge in [-0.05, 0) is 30.2 Å². The van der Waals surface area contributed by atoms with Gasteiger partial charge in [0, 0.05) is 17.3 Å². The minimum Gasteiger partial charge on any atom is -0.496 e. The molecule has 0 saturated carbocycles. The Labute approximate surface area is 118 Å². The van der Waals surface area contributed by atoms with Gasteiger partial charge >= 0.3 is 5.97 Å². The van der Waals surface area contributed by atoms with E-state index in [1.165, 1.54) is 7.11 Å². The SMILES string of the molecule is COC(=O)C1=CCC(c2ccc(N)cc2OC)=CC=C1. The Morgan fingerprint density at radius 1 is 1.30 bits per heavy atom. The zero-order valence-corrected chi connectivity index (χ0v) is 11.6. The van der Waals surface area contributed by atoms with Crippen LogP contribution in [0.4, 0.5) is 5.69 Å². The fourth-order valence-corrected chi connectivity index (χ4v) is 2.07. The highest BCUT2D eigenvalue weighted by molar-refractivity contribution is 5.92. The Balaban J connectivity index is 2.32. The summed E-state index contributed by atoms with van der Waals surface area (Å²) in [6.45, 7) is 0. The van der Waals surface area contributed by atoms with E-state index < -0.39 is 0 Å². The highest BCUT2D eigenvalue weighted by Crippen LogP contribution is 2.31. The lowest BCUT2D eigenvalue weighted by Gasteiger charge is -2.11. The highest BCUT2D eigenvalue weighted by Gasteiger charge is 2.12. The van der Waals surface area contributed by atoms with Gasteiger partial charge in [0.05, 0.1) is 19.8 Å². The minimum absolute atomic E-state index is 0.333. The number of hydrogen-bond acceptors (Lipinski definition) is 4. The van der Waals surface area contributed by atoms with Crippen molar-refractivity contribution in [2.24, 2.45) is 0 Å². The van der Waals surface area contributed by atoms with E-state index in [2.05, 4.69) is 0 Å². The van der Waals surface area contributed by atoms with Crippen molar-refractivity contribution in [2.75, 3.05) is 20.0 Å². The van der Waals surface area contributed by atoms with Crippen molar-refractivity contribution in [3.8, 4) is 5.75 Å². The zero-order chi connectivity index (χ0) is 14.5. The number of anilines is 1. The van der Waals surface area contributed by atoms with Crippen LogP contribution in [0.5, 0.6) is 5.75 Å². The third kappa shape index (κ3) is 2.91. The topological polar surface area (TPSA) is 61.5 Å². The molecule has 1 aliphatic rings. The Hall–Kier alpha value is -2.49. The predicted molar refractivity (Wildman–Crippen MR) is 79.2 cm³/mol. The van der Waals surface area contributed by atoms with Crippen LogP contribution in [0.1, 0.15) is 12.0 Å². The lowest BCUT2D eigenvalue weighted by Crippen LogP contribution is -2.02. The van der Waals surface area contributed by atoms with E-state index in [-0.39, 0.29) is 5.97 Å². The molecule has 4 heteroatoms. The molecule has 0 bridgehead atoms. The molecule has 104 valence electrons. The van der Waals surface area contributed by atoms with Crippen LogP contribution in [0.15, 0.2) is 48.1 Å². The van der Waals surface area contributed by atoms with Gasteiger partial charge in [0.2, 0.25) is 0 Å². The molecule has 0 aliphatic heterocycles. The first-order valence-electron chi connectivity index (χ1n) is 6.25. The molecule has 20 heavy (non-hydrogen) atoms. The number of hydrogen-bond donors (Lipinski definition) is 1. The number of methoxy groups -OCH3 is 2. The molecule has 0 heterocycles. The lowest BCUT2D eigenvalue weighted by atomic mass is 10.0. The van der Waals surface area contributed by atoms with E-state index in [1.807, 2.05) is 30.4 Å². The Bertz CT molecular complexity index is 612. The fraction of sp³-hybridized carbons (Fsp3) is 0.188. The maximum absolute atomic E-state index is 11.5. The quantitative estimate of drug-likeness (QED) is 0.678. The molecule has 2 rings (SSSR count). The lowest BCUT2D eigenvalue weighted by molar-refractivity contribution is -0.135. The Morgan fingerprint density at radius 3 is 2.80 bits per heavy atom. The summed E-state index contributed by atoms with van der Waals surface area (Å²) in [6, 6.07) is 5.54. The van der Waals surface area contributed by atoms with Crippen molar-refractivity contribution in [2.45, 2.75) is 6.42 Å². The molecule has 1 aromatic carbocycles. The minimum atomic E-state index is -0.333. The third-order valence-electron chi connectivity index (χ3n) is 3.11. The second-order valence-electron chi connectivity index (χ2n) is 4.37. The molecule has 2 N–H and O–H groups in total. The number of carbonyl (C=O) groups is 1. The van der Waals surface area contributed by atoms with Crippen molar-refractivity contribution in [1.82, 2.24) is 0 Å². The fourth-order valence-electron chi connectivity index (χ4n) is 2.07.